The monoisotopic (exact) mass is 1450 g/mol. The number of amides is 4. The van der Waals surface area contributed by atoms with E-state index in [-0.39, 0.29) is 62.4 Å². The first-order chi connectivity index (χ1) is 50.8. The SMILES string of the molecule is C=PNCCCC[C@H](N)C(=O)NC(CCC(=O)NCCCCOc1ccc(C(=O)Oc2ccc3cc(C(=N)N)ccc3c2)cc1)C(=O)NC(CCC(=O)NCCCCOc1ccc(C(=O)Oc2ccc3cc(C(=N)N)ccc3c2)cc1)C(=O)OC1=CC[C@H]2[C@H]3Cc4ccc(OC)c5c4[C@@]2(CCN3C)[C@H]1O5. The smallest absolute Gasteiger partial charge is 0.343 e. The molecule has 7 aromatic carbocycles. The van der Waals surface area contributed by atoms with Gasteiger partial charge in [-0.3, -0.25) is 35.1 Å². The van der Waals surface area contributed by atoms with Gasteiger partial charge >= 0.3 is 17.9 Å². The highest BCUT2D eigenvalue weighted by Crippen LogP contribution is 2.64. The molecule has 2 bridgehead atoms. The average molecular weight is 1450 g/mol. The third-order valence-electron chi connectivity index (χ3n) is 19.9. The number of esters is 3. The number of fused-ring (bicyclic) bond motifs is 2. The van der Waals surface area contributed by atoms with Crippen LogP contribution in [0.25, 0.3) is 21.5 Å². The normalized spacial score (nSPS) is 17.7. The number of likely N-dealkylation sites (N-methyl/N-ethyl adjacent to an activating group) is 1. The standard InChI is InChI=1S/C79H90N11O14P/c1-90-39-35-79-60-28-32-66(71(79)104-70-65(98-2)31-21-53(69(70)79)46-64(60)90)103-78(97)63(30-34-68(92)86-37-7-9-41-100-57-24-17-48(18-25-57)77(96)102-59-27-20-50-43-55(73(83)84)14-12-52(50)45-59)89-75(94)62(88-74(93)61(80)10-4-5-38-87-105-3)29-33-67(91)85-36-6-8-40-99-56-22-15-47(16-23-56)76(95)101-58-26-19-49-42-54(72(81)82)13-11-51(49)44-58/h11-27,31-32,42-45,60-64,71,87H,3-10,28-30,33-41,46,80H2,1-2H3,(H3,81,82)(H3,83,84)(H,85,91)(H,86,92)(H,88,93)(H,89,94)/t60-,61-,62?,63?,64+,71-,79-/m0/s1. The van der Waals surface area contributed by atoms with Gasteiger partial charge in [0.2, 0.25) is 23.6 Å². The van der Waals surface area contributed by atoms with E-state index >= 15 is 0 Å². The van der Waals surface area contributed by atoms with Crippen LogP contribution in [0.1, 0.15) is 126 Å². The number of amidine groups is 2. The van der Waals surface area contributed by atoms with Gasteiger partial charge in [-0.15, -0.1) is 0 Å². The molecular weight excluding hydrogens is 1360 g/mol. The van der Waals surface area contributed by atoms with Crippen LogP contribution in [0.3, 0.4) is 0 Å². The Labute approximate surface area is 610 Å². The Kier molecular flexibility index (Phi) is 25.3. The quantitative estimate of drug-likeness (QED) is 0.00435. The second-order valence-electron chi connectivity index (χ2n) is 26.8. The zero-order valence-electron chi connectivity index (χ0n) is 58.9. The Morgan fingerprint density at radius 3 is 1.69 bits per heavy atom. The Balaban J connectivity index is 0.691. The Hall–Kier alpha value is -10.7. The summed E-state index contributed by atoms with van der Waals surface area (Å²) in [7, 11) is 4.51. The van der Waals surface area contributed by atoms with Crippen LogP contribution in [0.15, 0.2) is 145 Å². The molecule has 0 aromatic heterocycles. The second kappa shape index (κ2) is 35.2. The topological polar surface area (TPSA) is 373 Å². The van der Waals surface area contributed by atoms with Gasteiger partial charge in [0.25, 0.3) is 0 Å². The molecule has 2 unspecified atom stereocenters. The minimum absolute atomic E-state index is 0.0395. The average Bonchev–Trinajstić information content (AvgIpc) is 1.55. The van der Waals surface area contributed by atoms with Crippen molar-refractivity contribution >= 4 is 89.4 Å². The highest BCUT2D eigenvalue weighted by atomic mass is 31.1. The molecule has 1 fully saturated rings. The molecule has 2 aliphatic carbocycles. The molecule has 11 rings (SSSR count). The lowest BCUT2D eigenvalue weighted by Crippen LogP contribution is -2.63. The first-order valence-electron chi connectivity index (χ1n) is 35.5. The van der Waals surface area contributed by atoms with Gasteiger partial charge in [0.1, 0.15) is 52.5 Å². The van der Waals surface area contributed by atoms with Gasteiger partial charge in [-0.1, -0.05) is 55.2 Å². The third-order valence-corrected chi connectivity index (χ3v) is 20.3. The molecule has 2 aliphatic heterocycles. The van der Waals surface area contributed by atoms with Crippen LogP contribution < -0.4 is 72.0 Å². The van der Waals surface area contributed by atoms with Crippen LogP contribution in [0.4, 0.5) is 0 Å². The van der Waals surface area contributed by atoms with E-state index in [1.165, 1.54) is 0 Å². The molecule has 550 valence electrons. The van der Waals surface area contributed by atoms with Crippen LogP contribution >= 0.6 is 8.35 Å². The van der Waals surface area contributed by atoms with Gasteiger partial charge in [0.05, 0.1) is 37.5 Å². The summed E-state index contributed by atoms with van der Waals surface area (Å²) >= 11 is 0. The highest BCUT2D eigenvalue weighted by molar-refractivity contribution is 7.34. The van der Waals surface area contributed by atoms with E-state index in [9.17, 15) is 33.6 Å². The van der Waals surface area contributed by atoms with E-state index in [1.54, 1.807) is 116 Å². The first kappa shape index (κ1) is 75.4. The number of methoxy groups -OCH3 is 1. The summed E-state index contributed by atoms with van der Waals surface area (Å²) in [5.74, 6) is -0.793. The fourth-order valence-corrected chi connectivity index (χ4v) is 14.5. The maximum atomic E-state index is 14.9. The molecule has 0 radical (unpaired) electrons. The number of nitrogens with two attached hydrogens (primary N) is 3. The van der Waals surface area contributed by atoms with Gasteiger partial charge in [-0.2, -0.15) is 0 Å². The summed E-state index contributed by atoms with van der Waals surface area (Å²) in [5.41, 5.74) is 21.2. The number of piperidine rings is 1. The minimum atomic E-state index is -1.42. The van der Waals surface area contributed by atoms with E-state index in [2.05, 4.69) is 50.7 Å². The predicted octanol–water partition coefficient (Wildman–Crippen LogP) is 8.58. The number of hydrogen-bond acceptors (Lipinski definition) is 19. The number of nitrogens with one attached hydrogen (secondary N) is 7. The summed E-state index contributed by atoms with van der Waals surface area (Å²) in [4.78, 5) is 99.3. The van der Waals surface area contributed by atoms with Crippen LogP contribution in [0.5, 0.6) is 34.5 Å². The van der Waals surface area contributed by atoms with E-state index in [0.717, 1.165) is 66.8 Å². The highest BCUT2D eigenvalue weighted by Gasteiger charge is 2.65. The number of nitrogens with zero attached hydrogens (tertiary/aromatic N) is 1. The zero-order valence-corrected chi connectivity index (χ0v) is 59.8. The van der Waals surface area contributed by atoms with Gasteiger partial charge in [-0.25, -0.2) is 14.4 Å². The number of rotatable bonds is 37. The second-order valence-corrected chi connectivity index (χ2v) is 27.5. The number of unbranched alkanes of at least 4 members (excludes halogenated alkanes) is 3. The maximum Gasteiger partial charge on any atom is 0.343 e. The molecule has 25 nitrogen and oxygen atoms in total. The summed E-state index contributed by atoms with van der Waals surface area (Å²) in [5, 5.41) is 33.3. The third kappa shape index (κ3) is 18.6. The van der Waals surface area contributed by atoms with Crippen molar-refractivity contribution < 1.29 is 66.7 Å². The van der Waals surface area contributed by atoms with Crippen molar-refractivity contribution in [2.24, 2.45) is 23.1 Å². The molecule has 1 spiro atoms. The van der Waals surface area contributed by atoms with Gasteiger partial charge in [-0.05, 0) is 223 Å². The van der Waals surface area contributed by atoms with Crippen LogP contribution in [0, 0.1) is 16.7 Å². The summed E-state index contributed by atoms with van der Waals surface area (Å²) in [6.07, 6.45) is 10.2. The lowest BCUT2D eigenvalue weighted by Gasteiger charge is -2.56. The molecule has 7 aromatic rings. The fraction of sp³-hybridized carbons (Fsp3) is 0.367. The summed E-state index contributed by atoms with van der Waals surface area (Å²) < 4.78 is 42.3. The van der Waals surface area contributed by atoms with Crippen LogP contribution in [-0.2, 0) is 40.5 Å². The van der Waals surface area contributed by atoms with Crippen LogP contribution in [-0.4, -0.2) is 148 Å². The molecule has 4 amide bonds. The predicted molar refractivity (Wildman–Crippen MR) is 401 cm³/mol. The van der Waals surface area contributed by atoms with Gasteiger partial charge in [0, 0.05) is 60.6 Å². The number of benzene rings is 7. The fourth-order valence-electron chi connectivity index (χ4n) is 14.2. The molecule has 0 saturated carbocycles. The number of carbonyl (C=O) groups is 7. The summed E-state index contributed by atoms with van der Waals surface area (Å²) in [6, 6.07) is 34.6. The Bertz CT molecular complexity index is 4440. The number of carbonyl (C=O) groups excluding carboxylic acids is 7. The summed E-state index contributed by atoms with van der Waals surface area (Å²) in [6.45, 7) is 2.61. The zero-order chi connectivity index (χ0) is 74.2. The number of ether oxygens (including phenoxy) is 7. The van der Waals surface area contributed by atoms with Crippen molar-refractivity contribution in [3.05, 3.63) is 179 Å². The molecule has 7 atom stereocenters. The number of nitrogen functional groups attached to an aromatic ring is 2. The van der Waals surface area contributed by atoms with Crippen molar-refractivity contribution in [1.29, 1.82) is 10.8 Å². The van der Waals surface area contributed by atoms with E-state index in [4.69, 9.17) is 61.2 Å². The first-order valence-corrected chi connectivity index (χ1v) is 36.6. The molecule has 13 N–H and O–H groups in total. The van der Waals surface area contributed by atoms with Gasteiger partial charge in [0.15, 0.2) is 17.6 Å². The largest absolute Gasteiger partial charge is 0.494 e. The number of allylic oxidation sites excluding steroid dienone is 1. The van der Waals surface area contributed by atoms with Crippen molar-refractivity contribution in [2.75, 3.05) is 53.6 Å². The molecule has 26 heteroatoms. The van der Waals surface area contributed by atoms with Crippen molar-refractivity contribution in [2.45, 2.75) is 126 Å². The molecule has 1 saturated heterocycles. The molecule has 105 heavy (non-hydrogen) atoms. The molecule has 4 aliphatic rings. The molecular formula is C79H90N11O14P. The van der Waals surface area contributed by atoms with Gasteiger partial charge < -0.3 is 76.5 Å². The molecule has 2 heterocycles. The van der Waals surface area contributed by atoms with E-state index in [1.807, 2.05) is 24.3 Å². The van der Waals surface area contributed by atoms with Crippen molar-refractivity contribution in [1.82, 2.24) is 31.3 Å². The van der Waals surface area contributed by atoms with Crippen LogP contribution in [0.2, 0.25) is 0 Å². The number of hydrogen-bond donors (Lipinski definition) is 10. The Morgan fingerprint density at radius 2 is 1.13 bits per heavy atom. The number of likely N-dealkylation sites (tertiary alicyclic amines) is 1. The van der Waals surface area contributed by atoms with Crippen molar-refractivity contribution in [3.63, 3.8) is 0 Å². The van der Waals surface area contributed by atoms with E-state index in [0.29, 0.717) is 127 Å². The maximum absolute atomic E-state index is 14.9. The lowest BCUT2D eigenvalue weighted by molar-refractivity contribution is -0.147. The Morgan fingerprint density at radius 1 is 0.619 bits per heavy atom. The minimum Gasteiger partial charge on any atom is -0.494 e. The lowest BCUT2D eigenvalue weighted by atomic mass is 9.53. The van der Waals surface area contributed by atoms with E-state index < -0.39 is 71.2 Å². The van der Waals surface area contributed by atoms with Crippen molar-refractivity contribution in [3.8, 4) is 34.5 Å².